The van der Waals surface area contributed by atoms with E-state index in [0.29, 0.717) is 29.3 Å². The van der Waals surface area contributed by atoms with E-state index < -0.39 is 0 Å². The van der Waals surface area contributed by atoms with Crippen molar-refractivity contribution in [2.45, 2.75) is 63.7 Å². The lowest BCUT2D eigenvalue weighted by Gasteiger charge is -2.29. The molecular formula is C18H26N4O2S. The highest BCUT2D eigenvalue weighted by molar-refractivity contribution is 7.99. The topological polar surface area (TPSA) is 73.0 Å². The van der Waals surface area contributed by atoms with E-state index in [1.807, 2.05) is 16.7 Å². The molecule has 136 valence electrons. The first kappa shape index (κ1) is 18.0. The minimum Gasteiger partial charge on any atom is -0.461 e. The summed E-state index contributed by atoms with van der Waals surface area (Å²) in [6.45, 7) is 6.37. The molecule has 6 nitrogen and oxygen atoms in total. The van der Waals surface area contributed by atoms with Crippen LogP contribution in [0.25, 0.3) is 11.6 Å². The van der Waals surface area contributed by atoms with Crippen molar-refractivity contribution in [1.82, 2.24) is 20.1 Å². The molecule has 2 aromatic heterocycles. The number of carbonyl (C=O) groups excluding carboxylic acids is 1. The summed E-state index contributed by atoms with van der Waals surface area (Å²) in [6.07, 6.45) is 6.39. The predicted octanol–water partition coefficient (Wildman–Crippen LogP) is 3.91. The Hall–Kier alpha value is -1.76. The first-order valence-electron chi connectivity index (χ1n) is 8.97. The zero-order valence-electron chi connectivity index (χ0n) is 15.1. The highest BCUT2D eigenvalue weighted by atomic mass is 32.2. The zero-order valence-corrected chi connectivity index (χ0v) is 15.9. The smallest absolute Gasteiger partial charge is 0.230 e. The number of nitrogens with one attached hydrogen (secondary N) is 1. The molecule has 3 rings (SSSR count). The van der Waals surface area contributed by atoms with Crippen molar-refractivity contribution in [3.05, 3.63) is 18.4 Å². The maximum absolute atomic E-state index is 12.3. The van der Waals surface area contributed by atoms with Gasteiger partial charge < -0.3 is 9.73 Å². The molecule has 25 heavy (non-hydrogen) atoms. The molecule has 2 aromatic rings. The number of carbonyl (C=O) groups is 1. The second-order valence-electron chi connectivity index (χ2n) is 6.97. The van der Waals surface area contributed by atoms with Crippen molar-refractivity contribution in [3.8, 4) is 11.6 Å². The van der Waals surface area contributed by atoms with Gasteiger partial charge in [-0.05, 0) is 44.7 Å². The largest absolute Gasteiger partial charge is 0.461 e. The molecule has 0 spiro atoms. The van der Waals surface area contributed by atoms with Gasteiger partial charge in [0.2, 0.25) is 11.7 Å². The van der Waals surface area contributed by atoms with Gasteiger partial charge in [0, 0.05) is 12.1 Å². The number of hydrogen-bond acceptors (Lipinski definition) is 5. The first-order chi connectivity index (χ1) is 12.1. The predicted molar refractivity (Wildman–Crippen MR) is 98.4 cm³/mol. The van der Waals surface area contributed by atoms with Gasteiger partial charge in [0.25, 0.3) is 0 Å². The number of aromatic nitrogens is 3. The first-order valence-corrected chi connectivity index (χ1v) is 9.95. The lowest BCUT2D eigenvalue weighted by molar-refractivity contribution is -0.119. The maximum Gasteiger partial charge on any atom is 0.230 e. The van der Waals surface area contributed by atoms with Crippen molar-refractivity contribution < 1.29 is 9.21 Å². The Kier molecular flexibility index (Phi) is 5.83. The third-order valence-corrected chi connectivity index (χ3v) is 5.66. The highest BCUT2D eigenvalue weighted by Crippen LogP contribution is 2.28. The molecule has 1 amide bonds. The molecule has 0 bridgehead atoms. The fraction of sp³-hybridized carbons (Fsp3) is 0.611. The summed E-state index contributed by atoms with van der Waals surface area (Å²) in [5.41, 5.74) is 0. The Bertz CT molecular complexity index is 696. The van der Waals surface area contributed by atoms with Crippen LogP contribution in [0.3, 0.4) is 0 Å². The van der Waals surface area contributed by atoms with Gasteiger partial charge in [-0.1, -0.05) is 31.5 Å². The van der Waals surface area contributed by atoms with Crippen LogP contribution in [0.5, 0.6) is 0 Å². The Morgan fingerprint density at radius 2 is 2.20 bits per heavy atom. The maximum atomic E-state index is 12.3. The van der Waals surface area contributed by atoms with Crippen LogP contribution in [0, 0.1) is 5.92 Å². The second kappa shape index (κ2) is 8.08. The number of amides is 1. The molecule has 2 atom stereocenters. The molecule has 0 saturated heterocycles. The highest BCUT2D eigenvalue weighted by Gasteiger charge is 2.24. The molecule has 1 fully saturated rings. The quantitative estimate of drug-likeness (QED) is 0.789. The van der Waals surface area contributed by atoms with Crippen molar-refractivity contribution in [3.63, 3.8) is 0 Å². The fourth-order valence-electron chi connectivity index (χ4n) is 3.32. The van der Waals surface area contributed by atoms with E-state index in [1.54, 1.807) is 6.26 Å². The van der Waals surface area contributed by atoms with Crippen molar-refractivity contribution >= 4 is 17.7 Å². The van der Waals surface area contributed by atoms with E-state index in [-0.39, 0.29) is 11.9 Å². The average Bonchev–Trinajstić information content (AvgIpc) is 3.24. The van der Waals surface area contributed by atoms with Crippen LogP contribution in [0.1, 0.15) is 52.5 Å². The number of thioether (sulfide) groups is 1. The van der Waals surface area contributed by atoms with Crippen molar-refractivity contribution in [2.24, 2.45) is 5.92 Å². The van der Waals surface area contributed by atoms with Crippen LogP contribution < -0.4 is 5.32 Å². The lowest BCUT2D eigenvalue weighted by atomic mass is 9.86. The molecule has 1 aliphatic rings. The van der Waals surface area contributed by atoms with Crippen LogP contribution in [0.2, 0.25) is 0 Å². The van der Waals surface area contributed by atoms with E-state index in [9.17, 15) is 4.79 Å². The van der Waals surface area contributed by atoms with E-state index in [2.05, 4.69) is 36.3 Å². The lowest BCUT2D eigenvalue weighted by Crippen LogP contribution is -2.41. The molecule has 1 N–H and O–H groups in total. The molecule has 0 unspecified atom stereocenters. The fourth-order valence-corrected chi connectivity index (χ4v) is 4.20. The van der Waals surface area contributed by atoms with Crippen LogP contribution in [-0.4, -0.2) is 32.5 Å². The van der Waals surface area contributed by atoms with Gasteiger partial charge in [0.1, 0.15) is 0 Å². The summed E-state index contributed by atoms with van der Waals surface area (Å²) in [6, 6.07) is 4.19. The van der Waals surface area contributed by atoms with E-state index >= 15 is 0 Å². The summed E-state index contributed by atoms with van der Waals surface area (Å²) in [5.74, 6) is 2.37. The van der Waals surface area contributed by atoms with E-state index in [1.165, 1.54) is 31.0 Å². The number of rotatable bonds is 6. The molecule has 0 radical (unpaired) electrons. The third-order valence-electron chi connectivity index (χ3n) is 4.71. The Labute approximate surface area is 152 Å². The Morgan fingerprint density at radius 1 is 1.40 bits per heavy atom. The van der Waals surface area contributed by atoms with Crippen molar-refractivity contribution in [1.29, 1.82) is 0 Å². The van der Waals surface area contributed by atoms with Gasteiger partial charge in [-0.25, -0.2) is 0 Å². The van der Waals surface area contributed by atoms with Crippen LogP contribution in [0.15, 0.2) is 28.0 Å². The average molecular weight is 362 g/mol. The molecule has 0 aliphatic heterocycles. The summed E-state index contributed by atoms with van der Waals surface area (Å²) in [4.78, 5) is 12.3. The molecule has 7 heteroatoms. The molecule has 1 saturated carbocycles. The van der Waals surface area contributed by atoms with Crippen LogP contribution in [-0.2, 0) is 4.79 Å². The van der Waals surface area contributed by atoms with Crippen LogP contribution >= 0.6 is 11.8 Å². The summed E-state index contributed by atoms with van der Waals surface area (Å²) in [5, 5.41) is 12.4. The normalized spacial score (nSPS) is 20.8. The number of furan rings is 1. The molecular weight excluding hydrogens is 336 g/mol. The SMILES string of the molecule is CC(C)n1c(SCC(=O)N[C@@H]2CCCC[C@H]2C)nnc1-c1ccco1. The zero-order chi connectivity index (χ0) is 17.8. The minimum atomic E-state index is 0.0709. The second-order valence-corrected chi connectivity index (χ2v) is 7.91. The molecule has 0 aromatic carbocycles. The summed E-state index contributed by atoms with van der Waals surface area (Å²) < 4.78 is 7.46. The third kappa shape index (κ3) is 4.26. The summed E-state index contributed by atoms with van der Waals surface area (Å²) >= 11 is 1.43. The number of nitrogens with zero attached hydrogens (tertiary/aromatic N) is 3. The van der Waals surface area contributed by atoms with Gasteiger partial charge in [0.15, 0.2) is 10.9 Å². The van der Waals surface area contributed by atoms with Crippen LogP contribution in [0.4, 0.5) is 0 Å². The summed E-state index contributed by atoms with van der Waals surface area (Å²) in [7, 11) is 0. The van der Waals surface area contributed by atoms with E-state index in [0.717, 1.165) is 11.6 Å². The monoisotopic (exact) mass is 362 g/mol. The van der Waals surface area contributed by atoms with Crippen molar-refractivity contribution in [2.75, 3.05) is 5.75 Å². The molecule has 1 aliphatic carbocycles. The molecule has 2 heterocycles. The van der Waals surface area contributed by atoms with Gasteiger partial charge in [-0.2, -0.15) is 0 Å². The van der Waals surface area contributed by atoms with Gasteiger partial charge in [0.05, 0.1) is 12.0 Å². The minimum absolute atomic E-state index is 0.0709. The Morgan fingerprint density at radius 3 is 2.88 bits per heavy atom. The number of hydrogen-bond donors (Lipinski definition) is 1. The van der Waals surface area contributed by atoms with Gasteiger partial charge in [-0.15, -0.1) is 10.2 Å². The van der Waals surface area contributed by atoms with Gasteiger partial charge >= 0.3 is 0 Å². The van der Waals surface area contributed by atoms with E-state index in [4.69, 9.17) is 4.42 Å². The Balaban J connectivity index is 1.64. The van der Waals surface area contributed by atoms with Gasteiger partial charge in [-0.3, -0.25) is 9.36 Å². The standard InChI is InChI=1S/C18H26N4O2S/c1-12(2)22-17(15-9-6-10-24-15)20-21-18(22)25-11-16(23)19-14-8-5-4-7-13(14)3/h6,9-10,12-14H,4-5,7-8,11H2,1-3H3,(H,19,23)/t13-,14-/m1/s1.